The molecule has 1 saturated heterocycles. The fourth-order valence-electron chi connectivity index (χ4n) is 17.3. The minimum absolute atomic E-state index is 0.0829. The Morgan fingerprint density at radius 3 is 1.06 bits per heavy atom. The van der Waals surface area contributed by atoms with Crippen molar-refractivity contribution in [3.8, 4) is 123 Å². The van der Waals surface area contributed by atoms with Crippen LogP contribution in [0.2, 0.25) is 5.02 Å². The Hall–Kier alpha value is -10.9. The van der Waals surface area contributed by atoms with Gasteiger partial charge in [-0.25, -0.2) is 19.9 Å². The second-order valence-electron chi connectivity index (χ2n) is 30.1. The van der Waals surface area contributed by atoms with Crippen molar-refractivity contribution < 1.29 is 9.31 Å². The molecule has 0 bridgehead atoms. The Kier molecular flexibility index (Phi) is 18.6. The summed E-state index contributed by atoms with van der Waals surface area (Å²) >= 11 is 6.23. The number of nitrogens with zero attached hydrogens (tertiary/aromatic N) is 4. The van der Waals surface area contributed by atoms with Crippen molar-refractivity contribution in [2.75, 3.05) is 0 Å². The van der Waals surface area contributed by atoms with Gasteiger partial charge in [0, 0.05) is 49.2 Å². The summed E-state index contributed by atoms with van der Waals surface area (Å²) in [6, 6.07) is 111. The van der Waals surface area contributed by atoms with Gasteiger partial charge in [-0.15, -0.1) is 0 Å². The predicted octanol–water partition coefficient (Wildman–Crippen LogP) is 25.1. The molecule has 14 aromatic rings. The van der Waals surface area contributed by atoms with E-state index in [1.165, 1.54) is 148 Å². The highest BCUT2D eigenvalue weighted by Crippen LogP contribution is 2.59. The molecule has 12 aromatic carbocycles. The van der Waals surface area contributed by atoms with Gasteiger partial charge in [0.1, 0.15) is 0 Å². The number of fused-ring (bicyclic) bond motifs is 10. The third kappa shape index (κ3) is 13.0. The average Bonchev–Trinajstić information content (AvgIpc) is 1.55. The Labute approximate surface area is 629 Å². The molecule has 0 N–H and O–H groups in total. The second-order valence-corrected chi connectivity index (χ2v) is 30.5. The largest absolute Gasteiger partial charge is 0.495 e. The topological polar surface area (TPSA) is 70.0 Å². The number of aromatic nitrogens is 4. The lowest BCUT2D eigenvalue weighted by molar-refractivity contribution is 0.00578. The average molecular weight is 1400 g/mol. The molecule has 3 fully saturated rings. The van der Waals surface area contributed by atoms with E-state index in [0.29, 0.717) is 10.8 Å². The van der Waals surface area contributed by atoms with Crippen LogP contribution in [0.1, 0.15) is 114 Å². The number of rotatable bonds is 10. The van der Waals surface area contributed by atoms with Gasteiger partial charge in [-0.05, 0) is 167 Å². The lowest BCUT2D eigenvalue weighted by atomic mass is 9.62. The minimum Gasteiger partial charge on any atom is -0.399 e. The molecular weight excluding hydrogens is 1310 g/mol. The first kappa shape index (κ1) is 68.2. The van der Waals surface area contributed by atoms with E-state index >= 15 is 0 Å². The van der Waals surface area contributed by atoms with Crippen molar-refractivity contribution in [2.24, 2.45) is 0 Å². The lowest BCUT2D eigenvalue weighted by Crippen LogP contribution is -2.42. The van der Waals surface area contributed by atoms with E-state index in [0.717, 1.165) is 62.0 Å². The molecular formula is C98H84BClN4O2. The van der Waals surface area contributed by atoms with Crippen LogP contribution >= 0.6 is 11.6 Å². The van der Waals surface area contributed by atoms with Crippen LogP contribution < -0.4 is 5.46 Å². The second kappa shape index (κ2) is 28.8. The number of benzene rings is 12. The predicted molar refractivity (Wildman–Crippen MR) is 439 cm³/mol. The number of halogens is 1. The van der Waals surface area contributed by atoms with Crippen molar-refractivity contribution in [2.45, 2.75) is 114 Å². The highest BCUT2D eigenvalue weighted by Gasteiger charge is 2.55. The van der Waals surface area contributed by atoms with Gasteiger partial charge in [0.25, 0.3) is 0 Å². The molecule has 0 radical (unpaired) electrons. The maximum Gasteiger partial charge on any atom is 0.495 e. The maximum atomic E-state index is 6.49. The van der Waals surface area contributed by atoms with E-state index in [-0.39, 0.29) is 29.2 Å². The molecule has 0 amide bonds. The maximum absolute atomic E-state index is 6.49. The fourth-order valence-corrected chi connectivity index (χ4v) is 17.5. The molecule has 0 unspecified atom stereocenters. The number of hydrogen-bond donors (Lipinski definition) is 0. The zero-order chi connectivity index (χ0) is 71.8. The minimum atomic E-state index is -0.314. The van der Waals surface area contributed by atoms with E-state index in [4.69, 9.17) is 40.8 Å². The molecule has 2 aromatic heterocycles. The van der Waals surface area contributed by atoms with Crippen LogP contribution in [0.3, 0.4) is 0 Å². The molecule has 8 heteroatoms. The van der Waals surface area contributed by atoms with Gasteiger partial charge in [-0.1, -0.05) is 335 Å². The Bertz CT molecular complexity index is 5490. The molecule has 0 atom stereocenters. The van der Waals surface area contributed by atoms with Gasteiger partial charge in [0.15, 0.2) is 11.6 Å². The van der Waals surface area contributed by atoms with Crippen molar-refractivity contribution in [3.05, 3.63) is 343 Å². The van der Waals surface area contributed by atoms with Gasteiger partial charge in [-0.2, -0.15) is 0 Å². The first-order chi connectivity index (χ1) is 51.9. The van der Waals surface area contributed by atoms with Crippen LogP contribution in [-0.4, -0.2) is 38.3 Å². The molecule has 1 aliphatic heterocycles. The summed E-state index contributed by atoms with van der Waals surface area (Å²) in [4.78, 5) is 20.1. The van der Waals surface area contributed by atoms with Gasteiger partial charge in [-0.3, -0.25) is 0 Å². The molecule has 2 spiro atoms. The fraction of sp³-hybridized carbons (Fsp3) is 0.184. The van der Waals surface area contributed by atoms with Crippen LogP contribution in [0.25, 0.3) is 123 Å². The van der Waals surface area contributed by atoms with E-state index in [1.54, 1.807) is 0 Å². The molecule has 106 heavy (non-hydrogen) atoms. The van der Waals surface area contributed by atoms with E-state index in [1.807, 2.05) is 60.7 Å². The van der Waals surface area contributed by atoms with Crippen molar-refractivity contribution in [1.29, 1.82) is 0 Å². The molecule has 4 aliphatic carbocycles. The van der Waals surface area contributed by atoms with Gasteiger partial charge < -0.3 is 9.31 Å². The van der Waals surface area contributed by atoms with E-state index < -0.39 is 0 Å². The summed E-state index contributed by atoms with van der Waals surface area (Å²) in [5.74, 6) is 1.40. The first-order valence-corrected chi connectivity index (χ1v) is 38.2. The SMILES string of the molecule is CC1(C)OB(c2cccc3c2C2(CCCCC2)c2ccccc2-3)OC1(C)C.Clc1cccc(-c2nc(-c3ccccc3)cc(-c3ccc(-c4ccccc4)cc3)n2)c1.c1ccc(-c2ccc(-c3cc(-c4ccccc4)nc(-c4cccc(-c5cccc6c5C5(CCCCC5)c5ccccc5-6)c4)n3)cc2)cc1. The monoisotopic (exact) mass is 1390 g/mol. The van der Waals surface area contributed by atoms with Crippen molar-refractivity contribution in [3.63, 3.8) is 0 Å². The zero-order valence-corrected chi connectivity index (χ0v) is 61.4. The molecule has 6 nitrogen and oxygen atoms in total. The first-order valence-electron chi connectivity index (χ1n) is 37.8. The molecule has 19 rings (SSSR count). The van der Waals surface area contributed by atoms with Crippen LogP contribution in [-0.2, 0) is 20.1 Å². The quantitative estimate of drug-likeness (QED) is 0.127. The summed E-state index contributed by atoms with van der Waals surface area (Å²) < 4.78 is 13.0. The Balaban J connectivity index is 0.000000124. The Morgan fingerprint density at radius 2 is 0.594 bits per heavy atom. The lowest BCUT2D eigenvalue weighted by Gasteiger charge is -2.37. The summed E-state index contributed by atoms with van der Waals surface area (Å²) in [5.41, 5.74) is 29.6. The van der Waals surface area contributed by atoms with Crippen molar-refractivity contribution >= 4 is 24.2 Å². The highest BCUT2D eigenvalue weighted by atomic mass is 35.5. The van der Waals surface area contributed by atoms with Crippen LogP contribution in [0.4, 0.5) is 0 Å². The zero-order valence-electron chi connectivity index (χ0n) is 60.7. The third-order valence-electron chi connectivity index (χ3n) is 23.2. The summed E-state index contributed by atoms with van der Waals surface area (Å²) in [5, 5.41) is 0.667. The van der Waals surface area contributed by atoms with E-state index in [9.17, 15) is 0 Å². The van der Waals surface area contributed by atoms with Crippen LogP contribution in [0.15, 0.2) is 315 Å². The summed E-state index contributed by atoms with van der Waals surface area (Å²) in [6.07, 6.45) is 12.7. The molecule has 5 aliphatic rings. The molecule has 3 heterocycles. The van der Waals surface area contributed by atoms with Gasteiger partial charge in [0.05, 0.1) is 34.0 Å². The van der Waals surface area contributed by atoms with Crippen LogP contribution in [0.5, 0.6) is 0 Å². The standard InChI is InChI=1S/C46H36N2.C28H19ClN2.C24H29BO2/c1-4-14-32(15-5-1)33-24-26-35(27-25-33)43-31-42(34-16-6-2-7-17-34)47-45(48-43)37-19-12-18-36(30-37)38-21-13-22-40-39-20-8-9-23-41(39)46(44(38)40)28-10-3-11-29-46;29-25-13-7-12-24(18-25)28-30-26(22-10-5-2-6-11-22)19-27(31-28)23-16-14-21(15-17-23)20-8-3-1-4-9-20;1-22(2)23(3,4)27-25(26-22)20-14-10-12-18-17-11-6-7-13-19(17)24(21(18)20)15-8-5-9-16-24/h1-2,4-9,12-27,30-31H,3,10-11,28-29H2;1-19H;6-7,10-14H,5,8-9,15-16H2,1-4H3. The normalized spacial score (nSPS) is 15.8. The van der Waals surface area contributed by atoms with Gasteiger partial charge >= 0.3 is 7.12 Å². The summed E-state index contributed by atoms with van der Waals surface area (Å²) in [6.45, 7) is 8.56. The highest BCUT2D eigenvalue weighted by molar-refractivity contribution is 6.63. The summed E-state index contributed by atoms with van der Waals surface area (Å²) in [7, 11) is -0.293. The molecule has 2 saturated carbocycles. The van der Waals surface area contributed by atoms with Crippen LogP contribution in [0, 0.1) is 0 Å². The van der Waals surface area contributed by atoms with E-state index in [2.05, 4.69) is 282 Å². The molecule has 518 valence electrons. The van der Waals surface area contributed by atoms with Gasteiger partial charge in [0.2, 0.25) is 0 Å². The third-order valence-corrected chi connectivity index (χ3v) is 23.4. The van der Waals surface area contributed by atoms with Crippen molar-refractivity contribution in [1.82, 2.24) is 19.9 Å². The number of hydrogen-bond acceptors (Lipinski definition) is 6. The smallest absolute Gasteiger partial charge is 0.399 e. The Morgan fingerprint density at radius 1 is 0.274 bits per heavy atom.